The lowest BCUT2D eigenvalue weighted by molar-refractivity contribution is -0.119. The second kappa shape index (κ2) is 2.45. The molecule has 0 fully saturated rings. The van der Waals surface area contributed by atoms with E-state index in [0.29, 0.717) is 0 Å². The third kappa shape index (κ3) is 0.947. The number of nitrogens with one attached hydrogen (secondary N) is 1. The molecule has 0 saturated carbocycles. The van der Waals surface area contributed by atoms with Gasteiger partial charge in [-0.1, -0.05) is 6.07 Å². The molecule has 3 aliphatic heterocycles. The zero-order chi connectivity index (χ0) is 11.8. The van der Waals surface area contributed by atoms with Gasteiger partial charge in [0.15, 0.2) is 0 Å². The first-order valence-corrected chi connectivity index (χ1v) is 5.77. The summed E-state index contributed by atoms with van der Waals surface area (Å²) in [6.45, 7) is 3.94. The van der Waals surface area contributed by atoms with Crippen LogP contribution in [0.4, 0.5) is 5.69 Å². The Kier molecular flexibility index (Phi) is 1.30. The van der Waals surface area contributed by atoms with Crippen LogP contribution < -0.4 is 5.32 Å². The van der Waals surface area contributed by atoms with Gasteiger partial charge in [0.1, 0.15) is 0 Å². The maximum absolute atomic E-state index is 11.8. The minimum atomic E-state index is -0.423. The van der Waals surface area contributed by atoms with Crippen LogP contribution in [0.25, 0.3) is 16.9 Å². The van der Waals surface area contributed by atoms with Crippen LogP contribution in [0.2, 0.25) is 0 Å². The monoisotopic (exact) mass is 224 g/mol. The number of aromatic nitrogens is 1. The second-order valence-corrected chi connectivity index (χ2v) is 5.26. The van der Waals surface area contributed by atoms with Crippen LogP contribution in [-0.4, -0.2) is 10.5 Å². The van der Waals surface area contributed by atoms with Gasteiger partial charge in [-0.2, -0.15) is 0 Å². The Hall–Kier alpha value is -2.03. The highest BCUT2D eigenvalue weighted by Crippen LogP contribution is 2.45. The van der Waals surface area contributed by atoms with Crippen LogP contribution >= 0.6 is 0 Å². The number of carbonyl (C=O) groups is 1. The predicted octanol–water partition coefficient (Wildman–Crippen LogP) is 2.69. The number of anilines is 1. The molecule has 0 aromatic heterocycles. The van der Waals surface area contributed by atoms with E-state index < -0.39 is 5.41 Å². The fourth-order valence-corrected chi connectivity index (χ4v) is 2.57. The molecule has 1 aromatic rings. The molecule has 0 unspecified atom stereocenters. The smallest absolute Gasteiger partial charge is 0.234 e. The van der Waals surface area contributed by atoms with Gasteiger partial charge in [-0.25, -0.2) is 0 Å². The fourth-order valence-electron chi connectivity index (χ4n) is 2.57. The average molecular weight is 224 g/mol. The molecule has 3 heteroatoms. The van der Waals surface area contributed by atoms with Crippen molar-refractivity contribution in [3.63, 3.8) is 0 Å². The number of rotatable bonds is 1. The Balaban J connectivity index is 1.90. The molecule has 1 amide bonds. The topological polar surface area (TPSA) is 34.0 Å². The van der Waals surface area contributed by atoms with Crippen LogP contribution in [0.15, 0.2) is 30.5 Å². The Morgan fingerprint density at radius 3 is 2.65 bits per heavy atom. The standard InChI is InChI=1S/C14H12N2O/c1-14(2)9-7-8(12-11-5-6-16(11)12)3-4-10(9)15-13(14)17/h3-7H,1-2H3,(H,15,17). The quantitative estimate of drug-likeness (QED) is 0.677. The van der Waals surface area contributed by atoms with E-state index in [-0.39, 0.29) is 5.91 Å². The highest BCUT2D eigenvalue weighted by molar-refractivity contribution is 6.06. The lowest BCUT2D eigenvalue weighted by Gasteiger charge is -2.15. The number of hydrogen-bond acceptors (Lipinski definition) is 1. The van der Waals surface area contributed by atoms with Crippen molar-refractivity contribution in [3.05, 3.63) is 36.0 Å². The van der Waals surface area contributed by atoms with Crippen molar-refractivity contribution in [2.45, 2.75) is 19.3 Å². The van der Waals surface area contributed by atoms with Gasteiger partial charge in [-0.15, -0.1) is 0 Å². The summed E-state index contributed by atoms with van der Waals surface area (Å²) in [5.74, 6) is 0.0829. The van der Waals surface area contributed by atoms with Gasteiger partial charge in [0, 0.05) is 17.4 Å². The minimum Gasteiger partial charge on any atom is -0.325 e. The molecular formula is C14H12N2O. The molecule has 0 atom stereocenters. The van der Waals surface area contributed by atoms with Crippen LogP contribution in [0, 0.1) is 0 Å². The number of nitrogens with zero attached hydrogens (tertiary/aromatic N) is 1. The summed E-state index contributed by atoms with van der Waals surface area (Å²) in [6, 6.07) is 8.32. The van der Waals surface area contributed by atoms with Crippen molar-refractivity contribution in [2.75, 3.05) is 5.32 Å². The van der Waals surface area contributed by atoms with Crippen LogP contribution in [0.5, 0.6) is 0 Å². The van der Waals surface area contributed by atoms with Gasteiger partial charge in [0.25, 0.3) is 0 Å². The predicted molar refractivity (Wildman–Crippen MR) is 66.4 cm³/mol. The minimum absolute atomic E-state index is 0.0829. The lowest BCUT2D eigenvalue weighted by atomic mass is 9.85. The SMILES string of the molecule is CC1(C)C(=O)Nc2ccc(-c3c4ccn3-4)cc21. The highest BCUT2D eigenvalue weighted by Gasteiger charge is 2.39. The number of hydrogen-bond donors (Lipinski definition) is 1. The molecule has 0 spiro atoms. The summed E-state index contributed by atoms with van der Waals surface area (Å²) >= 11 is 0. The van der Waals surface area contributed by atoms with Crippen LogP contribution in [0.1, 0.15) is 19.4 Å². The van der Waals surface area contributed by atoms with E-state index in [2.05, 4.69) is 34.3 Å². The zero-order valence-corrected chi connectivity index (χ0v) is 9.74. The Morgan fingerprint density at radius 1 is 1.24 bits per heavy atom. The molecule has 0 saturated heterocycles. The van der Waals surface area contributed by atoms with E-state index in [1.54, 1.807) is 0 Å². The molecule has 1 aromatic carbocycles. The molecular weight excluding hydrogens is 212 g/mol. The Bertz CT molecular complexity index is 660. The summed E-state index contributed by atoms with van der Waals surface area (Å²) in [5.41, 5.74) is 5.41. The van der Waals surface area contributed by atoms with Crippen molar-refractivity contribution in [2.24, 2.45) is 0 Å². The van der Waals surface area contributed by atoms with E-state index in [1.165, 1.54) is 16.9 Å². The molecule has 17 heavy (non-hydrogen) atoms. The molecule has 0 aliphatic carbocycles. The molecule has 0 radical (unpaired) electrons. The Labute approximate surface area is 99.1 Å². The number of amides is 1. The summed E-state index contributed by atoms with van der Waals surface area (Å²) < 4.78 is 2.17. The van der Waals surface area contributed by atoms with Crippen molar-refractivity contribution < 1.29 is 4.79 Å². The maximum Gasteiger partial charge on any atom is 0.234 e. The molecule has 0 bridgehead atoms. The average Bonchev–Trinajstić information content (AvgIpc) is 2.70. The summed E-state index contributed by atoms with van der Waals surface area (Å²) in [7, 11) is 0. The van der Waals surface area contributed by atoms with E-state index in [1.807, 2.05) is 19.9 Å². The summed E-state index contributed by atoms with van der Waals surface area (Å²) in [4.78, 5) is 11.8. The number of carbonyl (C=O) groups excluding carboxylic acids is 1. The fraction of sp³-hybridized carbons (Fsp3) is 0.214. The molecule has 1 N–H and O–H groups in total. The first-order valence-electron chi connectivity index (χ1n) is 5.77. The van der Waals surface area contributed by atoms with Gasteiger partial charge in [-0.3, -0.25) is 4.79 Å². The van der Waals surface area contributed by atoms with E-state index >= 15 is 0 Å². The number of benzene rings is 1. The van der Waals surface area contributed by atoms with Gasteiger partial charge in [0.2, 0.25) is 5.91 Å². The molecule has 3 aliphatic rings. The van der Waals surface area contributed by atoms with Crippen molar-refractivity contribution in [3.8, 4) is 16.9 Å². The highest BCUT2D eigenvalue weighted by atomic mass is 16.2. The van der Waals surface area contributed by atoms with Crippen molar-refractivity contribution >= 4 is 11.6 Å². The Morgan fingerprint density at radius 2 is 2.00 bits per heavy atom. The third-order valence-corrected chi connectivity index (χ3v) is 3.86. The molecule has 3 nitrogen and oxygen atoms in total. The van der Waals surface area contributed by atoms with E-state index in [0.717, 1.165) is 11.3 Å². The van der Waals surface area contributed by atoms with Crippen molar-refractivity contribution in [1.82, 2.24) is 4.57 Å². The van der Waals surface area contributed by atoms with Crippen LogP contribution in [0.3, 0.4) is 0 Å². The molecule has 84 valence electrons. The summed E-state index contributed by atoms with van der Waals surface area (Å²) in [5, 5.41) is 2.93. The lowest BCUT2D eigenvalue weighted by Crippen LogP contribution is -2.26. The van der Waals surface area contributed by atoms with Gasteiger partial charge < -0.3 is 9.88 Å². The molecule has 4 rings (SSSR count). The first kappa shape index (κ1) is 9.05. The van der Waals surface area contributed by atoms with E-state index in [4.69, 9.17) is 0 Å². The van der Waals surface area contributed by atoms with E-state index in [9.17, 15) is 4.79 Å². The first-order chi connectivity index (χ1) is 8.09. The molecule has 3 heterocycles. The summed E-state index contributed by atoms with van der Waals surface area (Å²) in [6.07, 6.45) is 2.06. The third-order valence-electron chi connectivity index (χ3n) is 3.86. The largest absolute Gasteiger partial charge is 0.325 e. The second-order valence-electron chi connectivity index (χ2n) is 5.26. The zero-order valence-electron chi connectivity index (χ0n) is 9.74. The van der Waals surface area contributed by atoms with Gasteiger partial charge in [0.05, 0.1) is 16.8 Å². The van der Waals surface area contributed by atoms with Gasteiger partial charge >= 0.3 is 0 Å². The number of fused-ring (bicyclic) bond motifs is 2. The van der Waals surface area contributed by atoms with Gasteiger partial charge in [-0.05, 0) is 37.6 Å². The van der Waals surface area contributed by atoms with Crippen molar-refractivity contribution in [1.29, 1.82) is 0 Å². The van der Waals surface area contributed by atoms with Crippen LogP contribution in [-0.2, 0) is 10.2 Å². The normalized spacial score (nSPS) is 17.9. The maximum atomic E-state index is 11.8.